The summed E-state index contributed by atoms with van der Waals surface area (Å²) in [6.45, 7) is 0. The first-order chi connectivity index (χ1) is 7.88. The molecule has 0 radical (unpaired) electrons. The standard InChI is InChI=1S/C12H10.C2H6OS/c1-3-7-11(8-4-1)12-9-5-2-6-10-12;1-3-4-2/h1-10H;1-2H3. The Morgan fingerprint density at radius 1 is 0.750 bits per heavy atom. The van der Waals surface area contributed by atoms with Crippen LogP contribution in [0.3, 0.4) is 0 Å². The van der Waals surface area contributed by atoms with Crippen molar-refractivity contribution in [3.05, 3.63) is 60.7 Å². The van der Waals surface area contributed by atoms with Gasteiger partial charge in [0.25, 0.3) is 0 Å². The molecule has 0 N–H and O–H groups in total. The summed E-state index contributed by atoms with van der Waals surface area (Å²) in [5.41, 5.74) is 2.55. The lowest BCUT2D eigenvalue weighted by Crippen LogP contribution is -1.73. The van der Waals surface area contributed by atoms with Crippen LogP contribution >= 0.6 is 12.0 Å². The van der Waals surface area contributed by atoms with E-state index in [0.717, 1.165) is 0 Å². The van der Waals surface area contributed by atoms with Crippen LogP contribution in [0.2, 0.25) is 0 Å². The van der Waals surface area contributed by atoms with E-state index in [0.29, 0.717) is 0 Å². The van der Waals surface area contributed by atoms with E-state index >= 15 is 0 Å². The van der Waals surface area contributed by atoms with Gasteiger partial charge in [-0.05, 0) is 23.2 Å². The van der Waals surface area contributed by atoms with Crippen LogP contribution in [0.15, 0.2) is 60.7 Å². The minimum absolute atomic E-state index is 1.28. The molecular formula is C14H16OS. The second-order valence-corrected chi connectivity index (χ2v) is 3.73. The van der Waals surface area contributed by atoms with Crippen molar-refractivity contribution in [1.29, 1.82) is 0 Å². The van der Waals surface area contributed by atoms with Crippen molar-refractivity contribution < 1.29 is 4.18 Å². The lowest BCUT2D eigenvalue weighted by molar-refractivity contribution is 0.493. The van der Waals surface area contributed by atoms with Crippen LogP contribution in [0.25, 0.3) is 11.1 Å². The van der Waals surface area contributed by atoms with Crippen LogP contribution in [0.5, 0.6) is 0 Å². The Balaban J connectivity index is 0.000000280. The largest absolute Gasteiger partial charge is 0.319 e. The third-order valence-electron chi connectivity index (χ3n) is 2.05. The predicted molar refractivity (Wildman–Crippen MR) is 72.4 cm³/mol. The molecule has 0 aliphatic heterocycles. The summed E-state index contributed by atoms with van der Waals surface area (Å²) >= 11 is 1.36. The van der Waals surface area contributed by atoms with Crippen molar-refractivity contribution in [2.45, 2.75) is 0 Å². The van der Waals surface area contributed by atoms with Crippen LogP contribution in [-0.2, 0) is 4.18 Å². The molecule has 0 bridgehead atoms. The van der Waals surface area contributed by atoms with Gasteiger partial charge in [0.2, 0.25) is 0 Å². The molecule has 1 nitrogen and oxygen atoms in total. The summed E-state index contributed by atoms with van der Waals surface area (Å²) in [5, 5.41) is 0. The zero-order valence-corrected chi connectivity index (χ0v) is 10.4. The van der Waals surface area contributed by atoms with E-state index in [9.17, 15) is 0 Å². The molecule has 2 rings (SSSR count). The van der Waals surface area contributed by atoms with Gasteiger partial charge in [0, 0.05) is 6.26 Å². The number of rotatable bonds is 2. The second-order valence-electron chi connectivity index (χ2n) is 3.07. The normalized spacial score (nSPS) is 9.12. The lowest BCUT2D eigenvalue weighted by atomic mass is 10.1. The third-order valence-corrected chi connectivity index (χ3v) is 2.38. The summed E-state index contributed by atoms with van der Waals surface area (Å²) in [6.07, 6.45) is 1.88. The molecule has 0 aliphatic rings. The average molecular weight is 232 g/mol. The topological polar surface area (TPSA) is 9.23 Å². The Bertz CT molecular complexity index is 333. The van der Waals surface area contributed by atoms with Crippen LogP contribution in [0.1, 0.15) is 0 Å². The molecule has 0 amide bonds. The SMILES string of the molecule is COSC.c1ccc(-c2ccccc2)cc1. The van der Waals surface area contributed by atoms with Gasteiger partial charge in [-0.1, -0.05) is 60.7 Å². The molecule has 2 aromatic rings. The molecule has 0 aliphatic carbocycles. The Morgan fingerprint density at radius 3 is 1.31 bits per heavy atom. The summed E-state index contributed by atoms with van der Waals surface area (Å²) in [4.78, 5) is 0. The molecule has 2 heteroatoms. The van der Waals surface area contributed by atoms with Gasteiger partial charge in [0.05, 0.1) is 7.11 Å². The van der Waals surface area contributed by atoms with Crippen molar-refractivity contribution in [3.63, 3.8) is 0 Å². The lowest BCUT2D eigenvalue weighted by Gasteiger charge is -1.98. The highest BCUT2D eigenvalue weighted by molar-refractivity contribution is 7.93. The Kier molecular flexibility index (Phi) is 6.38. The van der Waals surface area contributed by atoms with Crippen LogP contribution in [0.4, 0.5) is 0 Å². The molecule has 0 heterocycles. The fraction of sp³-hybridized carbons (Fsp3) is 0.143. The molecule has 2 aromatic carbocycles. The van der Waals surface area contributed by atoms with Crippen molar-refractivity contribution in [3.8, 4) is 11.1 Å². The van der Waals surface area contributed by atoms with Gasteiger partial charge < -0.3 is 4.18 Å². The van der Waals surface area contributed by atoms with E-state index < -0.39 is 0 Å². The van der Waals surface area contributed by atoms with Crippen LogP contribution in [0, 0.1) is 0 Å². The molecule has 16 heavy (non-hydrogen) atoms. The maximum atomic E-state index is 4.46. The zero-order valence-electron chi connectivity index (χ0n) is 9.59. The van der Waals surface area contributed by atoms with Gasteiger partial charge in [-0.15, -0.1) is 0 Å². The van der Waals surface area contributed by atoms with E-state index in [2.05, 4.69) is 52.7 Å². The third kappa shape index (κ3) is 4.51. The van der Waals surface area contributed by atoms with Gasteiger partial charge in [-0.25, -0.2) is 0 Å². The molecule has 0 aromatic heterocycles. The molecule has 0 unspecified atom stereocenters. The average Bonchev–Trinajstić information content (AvgIpc) is 2.41. The summed E-state index contributed by atoms with van der Waals surface area (Å²) in [7, 11) is 1.64. The van der Waals surface area contributed by atoms with Gasteiger partial charge >= 0.3 is 0 Å². The van der Waals surface area contributed by atoms with Crippen molar-refractivity contribution in [1.82, 2.24) is 0 Å². The summed E-state index contributed by atoms with van der Waals surface area (Å²) < 4.78 is 4.46. The molecule has 0 fully saturated rings. The van der Waals surface area contributed by atoms with Gasteiger partial charge in [0.1, 0.15) is 0 Å². The van der Waals surface area contributed by atoms with E-state index in [1.165, 1.54) is 23.2 Å². The zero-order chi connectivity index (χ0) is 11.6. The smallest absolute Gasteiger partial charge is 0.0503 e. The minimum Gasteiger partial charge on any atom is -0.319 e. The van der Waals surface area contributed by atoms with E-state index in [1.807, 2.05) is 18.4 Å². The van der Waals surface area contributed by atoms with Crippen LogP contribution in [-0.4, -0.2) is 13.4 Å². The summed E-state index contributed by atoms with van der Waals surface area (Å²) in [5.74, 6) is 0. The second kappa shape index (κ2) is 7.97. The quantitative estimate of drug-likeness (QED) is 0.715. The molecule has 0 atom stereocenters. The molecule has 0 saturated carbocycles. The number of hydrogen-bond acceptors (Lipinski definition) is 2. The highest BCUT2D eigenvalue weighted by atomic mass is 32.2. The number of benzene rings is 2. The molecule has 0 saturated heterocycles. The first-order valence-corrected chi connectivity index (χ1v) is 6.20. The maximum absolute atomic E-state index is 4.46. The van der Waals surface area contributed by atoms with Crippen LogP contribution < -0.4 is 0 Å². The highest BCUT2D eigenvalue weighted by Gasteiger charge is 1.91. The molecule has 0 spiro atoms. The van der Waals surface area contributed by atoms with Crippen molar-refractivity contribution >= 4 is 12.0 Å². The van der Waals surface area contributed by atoms with E-state index in [1.54, 1.807) is 7.11 Å². The number of hydrogen-bond donors (Lipinski definition) is 0. The van der Waals surface area contributed by atoms with Gasteiger partial charge in [0.15, 0.2) is 0 Å². The minimum atomic E-state index is 1.28. The Labute approximate surface area is 102 Å². The van der Waals surface area contributed by atoms with E-state index in [-0.39, 0.29) is 0 Å². The monoisotopic (exact) mass is 232 g/mol. The van der Waals surface area contributed by atoms with Crippen molar-refractivity contribution in [2.24, 2.45) is 0 Å². The molecule has 84 valence electrons. The first kappa shape index (κ1) is 12.8. The van der Waals surface area contributed by atoms with E-state index in [4.69, 9.17) is 0 Å². The Morgan fingerprint density at radius 2 is 1.06 bits per heavy atom. The van der Waals surface area contributed by atoms with Crippen molar-refractivity contribution in [2.75, 3.05) is 13.4 Å². The van der Waals surface area contributed by atoms with Gasteiger partial charge in [-0.2, -0.15) is 0 Å². The van der Waals surface area contributed by atoms with Gasteiger partial charge in [-0.3, -0.25) is 0 Å². The summed E-state index contributed by atoms with van der Waals surface area (Å²) in [6, 6.07) is 20.8. The fourth-order valence-electron chi connectivity index (χ4n) is 1.26. The Hall–Kier alpha value is -1.25. The molecular weight excluding hydrogens is 216 g/mol. The first-order valence-electron chi connectivity index (χ1n) is 5.05. The fourth-order valence-corrected chi connectivity index (χ4v) is 1.26. The predicted octanol–water partition coefficient (Wildman–Crippen LogP) is 4.26. The highest BCUT2D eigenvalue weighted by Crippen LogP contribution is 2.17. The maximum Gasteiger partial charge on any atom is 0.0503 e.